The summed E-state index contributed by atoms with van der Waals surface area (Å²) in [6, 6.07) is 10.7. The summed E-state index contributed by atoms with van der Waals surface area (Å²) in [6.45, 7) is 2.03. The van der Waals surface area contributed by atoms with Gasteiger partial charge in [-0.25, -0.2) is 0 Å². The van der Waals surface area contributed by atoms with Gasteiger partial charge in [-0.2, -0.15) is 0 Å². The van der Waals surface area contributed by atoms with Crippen molar-refractivity contribution < 1.29 is 14.3 Å². The third-order valence-corrected chi connectivity index (χ3v) is 3.78. The van der Waals surface area contributed by atoms with Gasteiger partial charge in [-0.1, -0.05) is 17.7 Å². The highest BCUT2D eigenvalue weighted by atomic mass is 35.5. The van der Waals surface area contributed by atoms with Crippen molar-refractivity contribution in [1.82, 2.24) is 0 Å². The van der Waals surface area contributed by atoms with E-state index in [0.717, 1.165) is 11.3 Å². The van der Waals surface area contributed by atoms with Gasteiger partial charge in [-0.3, -0.25) is 4.79 Å². The molecule has 2 aromatic carbocycles. The van der Waals surface area contributed by atoms with Crippen LogP contribution in [0, 0.1) is 6.92 Å². The molecule has 0 aromatic heterocycles. The molecular weight excluding hydrogens is 316 g/mol. The zero-order valence-corrected chi connectivity index (χ0v) is 14.0. The molecule has 0 bridgehead atoms. The van der Waals surface area contributed by atoms with Gasteiger partial charge in [0.15, 0.2) is 11.5 Å². The Balaban J connectivity index is 1.98. The molecular formula is C17H19ClN2O3. The Morgan fingerprint density at radius 1 is 1.13 bits per heavy atom. The van der Waals surface area contributed by atoms with Crippen LogP contribution < -0.4 is 20.1 Å². The summed E-state index contributed by atoms with van der Waals surface area (Å²) in [5.41, 5.74) is 2.38. The maximum absolute atomic E-state index is 12.1. The quantitative estimate of drug-likeness (QED) is 0.845. The van der Waals surface area contributed by atoms with Crippen LogP contribution in [0.1, 0.15) is 5.56 Å². The third-order valence-electron chi connectivity index (χ3n) is 3.37. The van der Waals surface area contributed by atoms with Crippen LogP contribution in [-0.2, 0) is 4.79 Å². The number of hydrogen-bond donors (Lipinski definition) is 2. The number of anilines is 2. The number of hydrogen-bond acceptors (Lipinski definition) is 4. The van der Waals surface area contributed by atoms with Gasteiger partial charge in [0, 0.05) is 22.5 Å². The summed E-state index contributed by atoms with van der Waals surface area (Å²) in [6.07, 6.45) is 0. The van der Waals surface area contributed by atoms with E-state index in [9.17, 15) is 4.79 Å². The topological polar surface area (TPSA) is 59.6 Å². The largest absolute Gasteiger partial charge is 0.493 e. The highest BCUT2D eigenvalue weighted by Crippen LogP contribution is 2.29. The molecule has 0 spiro atoms. The zero-order valence-electron chi connectivity index (χ0n) is 13.3. The first-order valence-electron chi connectivity index (χ1n) is 7.06. The fourth-order valence-corrected chi connectivity index (χ4v) is 2.27. The van der Waals surface area contributed by atoms with Crippen LogP contribution in [-0.4, -0.2) is 26.7 Å². The van der Waals surface area contributed by atoms with Crippen molar-refractivity contribution in [1.29, 1.82) is 0 Å². The molecule has 0 saturated carbocycles. The Bertz CT molecular complexity index is 704. The van der Waals surface area contributed by atoms with E-state index in [2.05, 4.69) is 10.6 Å². The molecule has 0 atom stereocenters. The molecule has 2 N–H and O–H groups in total. The molecule has 0 saturated heterocycles. The first-order chi connectivity index (χ1) is 11.0. The number of carbonyl (C=O) groups excluding carboxylic acids is 1. The Hall–Kier alpha value is -2.40. The second-order valence-electron chi connectivity index (χ2n) is 4.88. The van der Waals surface area contributed by atoms with Gasteiger partial charge in [0.05, 0.1) is 20.8 Å². The monoisotopic (exact) mass is 334 g/mol. The van der Waals surface area contributed by atoms with Gasteiger partial charge in [0.2, 0.25) is 5.91 Å². The molecule has 0 aliphatic heterocycles. The number of rotatable bonds is 6. The molecule has 0 radical (unpaired) electrons. The SMILES string of the molecule is COc1ccc(NC(=O)CNc2cccc(Cl)c2C)cc1OC. The van der Waals surface area contributed by atoms with E-state index in [1.165, 1.54) is 0 Å². The number of nitrogens with one attached hydrogen (secondary N) is 2. The van der Waals surface area contributed by atoms with Crippen LogP contribution in [0.4, 0.5) is 11.4 Å². The van der Waals surface area contributed by atoms with Crippen molar-refractivity contribution in [2.75, 3.05) is 31.4 Å². The average molecular weight is 335 g/mol. The van der Waals surface area contributed by atoms with Crippen molar-refractivity contribution in [2.45, 2.75) is 6.92 Å². The van der Waals surface area contributed by atoms with Crippen molar-refractivity contribution >= 4 is 28.9 Å². The number of amides is 1. The average Bonchev–Trinajstić information content (AvgIpc) is 2.56. The molecule has 122 valence electrons. The maximum Gasteiger partial charge on any atom is 0.243 e. The molecule has 0 heterocycles. The lowest BCUT2D eigenvalue weighted by atomic mass is 10.2. The Morgan fingerprint density at radius 3 is 2.57 bits per heavy atom. The molecule has 2 aromatic rings. The van der Waals surface area contributed by atoms with E-state index >= 15 is 0 Å². The Labute approximate surface area is 140 Å². The minimum absolute atomic E-state index is 0.134. The summed E-state index contributed by atoms with van der Waals surface area (Å²) in [5.74, 6) is 0.999. The highest BCUT2D eigenvalue weighted by molar-refractivity contribution is 6.31. The summed E-state index contributed by atoms with van der Waals surface area (Å²) in [7, 11) is 3.11. The number of methoxy groups -OCH3 is 2. The van der Waals surface area contributed by atoms with Crippen molar-refractivity contribution in [3.05, 3.63) is 47.0 Å². The van der Waals surface area contributed by atoms with Crippen LogP contribution in [0.5, 0.6) is 11.5 Å². The maximum atomic E-state index is 12.1. The minimum Gasteiger partial charge on any atom is -0.493 e. The normalized spacial score (nSPS) is 10.1. The summed E-state index contributed by atoms with van der Waals surface area (Å²) < 4.78 is 10.4. The van der Waals surface area contributed by atoms with Crippen LogP contribution in [0.3, 0.4) is 0 Å². The lowest BCUT2D eigenvalue weighted by Crippen LogP contribution is -2.22. The van der Waals surface area contributed by atoms with Gasteiger partial charge in [-0.15, -0.1) is 0 Å². The Kier molecular flexibility index (Phi) is 5.71. The van der Waals surface area contributed by atoms with E-state index in [-0.39, 0.29) is 12.5 Å². The van der Waals surface area contributed by atoms with Crippen LogP contribution in [0.25, 0.3) is 0 Å². The first kappa shape index (κ1) is 17.0. The highest BCUT2D eigenvalue weighted by Gasteiger charge is 2.08. The number of benzene rings is 2. The van der Waals surface area contributed by atoms with Gasteiger partial charge in [0.1, 0.15) is 0 Å². The zero-order chi connectivity index (χ0) is 16.8. The standard InChI is InChI=1S/C17H19ClN2O3/c1-11-13(18)5-4-6-14(11)19-10-17(21)20-12-7-8-15(22-2)16(9-12)23-3/h4-9,19H,10H2,1-3H3,(H,20,21). The van der Waals surface area contributed by atoms with E-state index in [1.807, 2.05) is 25.1 Å². The lowest BCUT2D eigenvalue weighted by Gasteiger charge is -2.12. The van der Waals surface area contributed by atoms with E-state index in [1.54, 1.807) is 32.4 Å². The molecule has 23 heavy (non-hydrogen) atoms. The van der Waals surface area contributed by atoms with Crippen LogP contribution in [0.2, 0.25) is 5.02 Å². The summed E-state index contributed by atoms with van der Waals surface area (Å²) >= 11 is 6.05. The first-order valence-corrected chi connectivity index (χ1v) is 7.43. The van der Waals surface area contributed by atoms with E-state index < -0.39 is 0 Å². The van der Waals surface area contributed by atoms with Gasteiger partial charge in [0.25, 0.3) is 0 Å². The molecule has 1 amide bonds. The predicted octanol–water partition coefficient (Wildman–Crippen LogP) is 3.72. The van der Waals surface area contributed by atoms with Crippen molar-refractivity contribution in [3.63, 3.8) is 0 Å². The fraction of sp³-hybridized carbons (Fsp3) is 0.235. The van der Waals surface area contributed by atoms with Gasteiger partial charge >= 0.3 is 0 Å². The third kappa shape index (κ3) is 4.29. The van der Waals surface area contributed by atoms with Gasteiger partial charge in [-0.05, 0) is 36.8 Å². The van der Waals surface area contributed by atoms with Gasteiger partial charge < -0.3 is 20.1 Å². The van der Waals surface area contributed by atoms with Crippen molar-refractivity contribution in [3.8, 4) is 11.5 Å². The van der Waals surface area contributed by atoms with E-state index in [4.69, 9.17) is 21.1 Å². The molecule has 0 unspecified atom stereocenters. The van der Waals surface area contributed by atoms with Crippen molar-refractivity contribution in [2.24, 2.45) is 0 Å². The lowest BCUT2D eigenvalue weighted by molar-refractivity contribution is -0.114. The second kappa shape index (κ2) is 7.74. The molecule has 2 rings (SSSR count). The fourth-order valence-electron chi connectivity index (χ4n) is 2.09. The second-order valence-corrected chi connectivity index (χ2v) is 5.29. The smallest absolute Gasteiger partial charge is 0.243 e. The number of halogens is 1. The molecule has 0 aliphatic rings. The number of carbonyl (C=O) groups is 1. The van der Waals surface area contributed by atoms with E-state index in [0.29, 0.717) is 22.2 Å². The minimum atomic E-state index is -0.170. The molecule has 6 heteroatoms. The van der Waals surface area contributed by atoms with Crippen LogP contribution in [0.15, 0.2) is 36.4 Å². The summed E-state index contributed by atoms with van der Waals surface area (Å²) in [4.78, 5) is 12.1. The summed E-state index contributed by atoms with van der Waals surface area (Å²) in [5, 5.41) is 6.54. The molecule has 0 aliphatic carbocycles. The molecule has 5 nitrogen and oxygen atoms in total. The molecule has 0 fully saturated rings. The Morgan fingerprint density at radius 2 is 1.87 bits per heavy atom. The van der Waals surface area contributed by atoms with Crippen LogP contribution >= 0.6 is 11.6 Å². The predicted molar refractivity (Wildman–Crippen MR) is 92.9 cm³/mol. The number of ether oxygens (including phenoxy) is 2.